The van der Waals surface area contributed by atoms with Crippen molar-refractivity contribution in [2.45, 2.75) is 14.4 Å². The molecule has 0 N–H and O–H groups in total. The highest BCUT2D eigenvalue weighted by Crippen LogP contribution is 2.23. The third-order valence-corrected chi connectivity index (χ3v) is 3.13. The SMILES string of the molecule is C.Cc1ccc(OC(=O)c2ccc(Cl)c(Cl)c2)cc1. The summed E-state index contributed by atoms with van der Waals surface area (Å²) in [5.41, 5.74) is 1.47. The standard InChI is InChI=1S/C14H10Cl2O2.CH4/c1-9-2-5-11(6-3-9)18-14(17)10-4-7-12(15)13(16)8-10;/h2-8H,1H3;1H4. The van der Waals surface area contributed by atoms with Crippen LogP contribution < -0.4 is 4.74 Å². The Labute approximate surface area is 122 Å². The van der Waals surface area contributed by atoms with Crippen LogP contribution in [-0.2, 0) is 0 Å². The number of ether oxygens (including phenoxy) is 1. The van der Waals surface area contributed by atoms with Crippen molar-refractivity contribution in [3.63, 3.8) is 0 Å². The largest absolute Gasteiger partial charge is 0.423 e. The molecule has 19 heavy (non-hydrogen) atoms. The smallest absolute Gasteiger partial charge is 0.343 e. The van der Waals surface area contributed by atoms with Crippen molar-refractivity contribution < 1.29 is 9.53 Å². The zero-order valence-electron chi connectivity index (χ0n) is 9.61. The minimum absolute atomic E-state index is 0. The molecule has 0 aliphatic heterocycles. The monoisotopic (exact) mass is 296 g/mol. The summed E-state index contributed by atoms with van der Waals surface area (Å²) in [7, 11) is 0. The second kappa shape index (κ2) is 6.60. The van der Waals surface area contributed by atoms with Crippen LogP contribution in [0.25, 0.3) is 0 Å². The molecule has 0 saturated carbocycles. The molecule has 0 saturated heterocycles. The van der Waals surface area contributed by atoms with Crippen molar-refractivity contribution in [1.29, 1.82) is 0 Å². The van der Waals surface area contributed by atoms with E-state index in [2.05, 4.69) is 0 Å². The fourth-order valence-electron chi connectivity index (χ4n) is 1.40. The molecule has 0 aromatic heterocycles. The van der Waals surface area contributed by atoms with E-state index < -0.39 is 5.97 Å². The number of hydrogen-bond donors (Lipinski definition) is 0. The number of carbonyl (C=O) groups excluding carboxylic acids is 1. The Morgan fingerprint density at radius 1 is 1.00 bits per heavy atom. The van der Waals surface area contributed by atoms with E-state index in [-0.39, 0.29) is 7.43 Å². The van der Waals surface area contributed by atoms with Gasteiger partial charge in [0.15, 0.2) is 0 Å². The third-order valence-electron chi connectivity index (χ3n) is 2.39. The summed E-state index contributed by atoms with van der Waals surface area (Å²) in [5.74, 6) is 0.0362. The molecule has 2 aromatic rings. The normalized spacial score (nSPS) is 9.63. The zero-order valence-corrected chi connectivity index (χ0v) is 11.1. The first kappa shape index (κ1) is 15.5. The van der Waals surface area contributed by atoms with E-state index in [0.29, 0.717) is 21.4 Å². The molecule has 0 aliphatic rings. The predicted octanol–water partition coefficient (Wildman–Crippen LogP) is 5.16. The number of hydrogen-bond acceptors (Lipinski definition) is 2. The molecule has 0 fully saturated rings. The third kappa shape index (κ3) is 3.98. The average Bonchev–Trinajstić information content (AvgIpc) is 2.35. The van der Waals surface area contributed by atoms with Gasteiger partial charge in [-0.2, -0.15) is 0 Å². The second-order valence-corrected chi connectivity index (χ2v) is 4.65. The van der Waals surface area contributed by atoms with Gasteiger partial charge in [0.25, 0.3) is 0 Å². The van der Waals surface area contributed by atoms with Gasteiger partial charge in [-0.15, -0.1) is 0 Å². The lowest BCUT2D eigenvalue weighted by Crippen LogP contribution is -2.08. The van der Waals surface area contributed by atoms with Crippen LogP contribution in [0, 0.1) is 6.92 Å². The van der Waals surface area contributed by atoms with Gasteiger partial charge in [0.2, 0.25) is 0 Å². The first-order valence-corrected chi connectivity index (χ1v) is 6.06. The van der Waals surface area contributed by atoms with Crippen molar-refractivity contribution in [3.8, 4) is 5.75 Å². The molecule has 0 atom stereocenters. The molecule has 0 spiro atoms. The van der Waals surface area contributed by atoms with Crippen LogP contribution >= 0.6 is 23.2 Å². The zero-order chi connectivity index (χ0) is 13.1. The Kier molecular flexibility index (Phi) is 5.40. The molecule has 0 amide bonds. The van der Waals surface area contributed by atoms with Crippen LogP contribution in [0.15, 0.2) is 42.5 Å². The maximum absolute atomic E-state index is 11.8. The Balaban J connectivity index is 0.00000180. The summed E-state index contributed by atoms with van der Waals surface area (Å²) >= 11 is 11.6. The van der Waals surface area contributed by atoms with Crippen LogP contribution in [0.3, 0.4) is 0 Å². The molecule has 2 nitrogen and oxygen atoms in total. The lowest BCUT2D eigenvalue weighted by molar-refractivity contribution is 0.0735. The van der Waals surface area contributed by atoms with E-state index in [9.17, 15) is 4.79 Å². The average molecular weight is 297 g/mol. The summed E-state index contributed by atoms with van der Waals surface area (Å²) < 4.78 is 5.21. The molecule has 0 radical (unpaired) electrons. The van der Waals surface area contributed by atoms with Crippen molar-refractivity contribution in [2.24, 2.45) is 0 Å². The van der Waals surface area contributed by atoms with Crippen LogP contribution in [0.2, 0.25) is 10.0 Å². The lowest BCUT2D eigenvalue weighted by Gasteiger charge is -2.05. The van der Waals surface area contributed by atoms with E-state index in [1.165, 1.54) is 6.07 Å². The highest BCUT2D eigenvalue weighted by atomic mass is 35.5. The molecule has 0 unspecified atom stereocenters. The van der Waals surface area contributed by atoms with Crippen molar-refractivity contribution in [2.75, 3.05) is 0 Å². The number of halogens is 2. The maximum atomic E-state index is 11.8. The van der Waals surface area contributed by atoms with Gasteiger partial charge >= 0.3 is 5.97 Å². The summed E-state index contributed by atoms with van der Waals surface area (Å²) in [6.07, 6.45) is 0. The first-order chi connectivity index (χ1) is 8.56. The van der Waals surface area contributed by atoms with E-state index in [0.717, 1.165) is 5.56 Å². The summed E-state index contributed by atoms with van der Waals surface area (Å²) in [6.45, 7) is 1.96. The van der Waals surface area contributed by atoms with Gasteiger partial charge in [-0.25, -0.2) is 4.79 Å². The highest BCUT2D eigenvalue weighted by molar-refractivity contribution is 6.42. The molecule has 2 rings (SSSR count). The van der Waals surface area contributed by atoms with Crippen molar-refractivity contribution in [3.05, 3.63) is 63.6 Å². The molecular weight excluding hydrogens is 283 g/mol. The fraction of sp³-hybridized carbons (Fsp3) is 0.133. The van der Waals surface area contributed by atoms with Gasteiger partial charge in [0, 0.05) is 0 Å². The molecule has 0 heterocycles. The van der Waals surface area contributed by atoms with Crippen molar-refractivity contribution in [1.82, 2.24) is 0 Å². The first-order valence-electron chi connectivity index (χ1n) is 5.30. The van der Waals surface area contributed by atoms with Crippen LogP contribution in [0.1, 0.15) is 23.3 Å². The minimum Gasteiger partial charge on any atom is -0.423 e. The van der Waals surface area contributed by atoms with Gasteiger partial charge in [-0.1, -0.05) is 48.3 Å². The topological polar surface area (TPSA) is 26.3 Å². The van der Waals surface area contributed by atoms with Crippen LogP contribution in [-0.4, -0.2) is 5.97 Å². The number of rotatable bonds is 2. The van der Waals surface area contributed by atoms with Gasteiger partial charge < -0.3 is 4.74 Å². The molecule has 100 valence electrons. The number of aryl methyl sites for hydroxylation is 1. The van der Waals surface area contributed by atoms with E-state index in [1.54, 1.807) is 24.3 Å². The van der Waals surface area contributed by atoms with E-state index in [1.807, 2.05) is 19.1 Å². The summed E-state index contributed by atoms with van der Waals surface area (Å²) in [5, 5.41) is 0.735. The van der Waals surface area contributed by atoms with Gasteiger partial charge in [0.05, 0.1) is 15.6 Å². The van der Waals surface area contributed by atoms with Crippen molar-refractivity contribution >= 4 is 29.2 Å². The summed E-state index contributed by atoms with van der Waals surface area (Å²) in [4.78, 5) is 11.8. The maximum Gasteiger partial charge on any atom is 0.343 e. The van der Waals surface area contributed by atoms with Gasteiger partial charge in [-0.3, -0.25) is 0 Å². The summed E-state index contributed by atoms with van der Waals surface area (Å²) in [6, 6.07) is 11.9. The Bertz CT molecular complexity index is 577. The quantitative estimate of drug-likeness (QED) is 0.565. The Morgan fingerprint density at radius 3 is 2.21 bits per heavy atom. The van der Waals surface area contributed by atoms with Crippen LogP contribution in [0.5, 0.6) is 5.75 Å². The second-order valence-electron chi connectivity index (χ2n) is 3.83. The fourth-order valence-corrected chi connectivity index (χ4v) is 1.69. The number of benzene rings is 2. The van der Waals surface area contributed by atoms with E-state index in [4.69, 9.17) is 27.9 Å². The van der Waals surface area contributed by atoms with E-state index >= 15 is 0 Å². The van der Waals surface area contributed by atoms with Gasteiger partial charge in [0.1, 0.15) is 5.75 Å². The minimum atomic E-state index is -0.461. The number of carbonyl (C=O) groups is 1. The molecule has 0 aliphatic carbocycles. The Morgan fingerprint density at radius 2 is 1.63 bits per heavy atom. The molecule has 0 bridgehead atoms. The Hall–Kier alpha value is -1.51. The number of esters is 1. The lowest BCUT2D eigenvalue weighted by atomic mass is 10.2. The van der Waals surface area contributed by atoms with Gasteiger partial charge in [-0.05, 0) is 37.3 Å². The highest BCUT2D eigenvalue weighted by Gasteiger charge is 2.10. The predicted molar refractivity (Wildman–Crippen MR) is 79.3 cm³/mol. The molecule has 2 aromatic carbocycles. The molecular formula is C15H14Cl2O2. The molecule has 4 heteroatoms. The van der Waals surface area contributed by atoms with Crippen LogP contribution in [0.4, 0.5) is 0 Å².